The zero-order chi connectivity index (χ0) is 25.7. The van der Waals surface area contributed by atoms with Crippen LogP contribution in [0.2, 0.25) is 0 Å². The standard InChI is InChI=1S/C20H18N2O2S3.C2HF3O2/c1-3-13-7-4-5-10-16(13)14-8-6-9-15(11-14)27(23,24)18-12-17(19(21)22)26-20(18)25-2;3-2(4,5)1(6)7/h3-12H,1H2,2H3,(H3,21,22);(H,6,7). The summed E-state index contributed by atoms with van der Waals surface area (Å²) in [4.78, 5) is 9.75. The summed E-state index contributed by atoms with van der Waals surface area (Å²) in [6.07, 6.45) is -1.52. The van der Waals surface area contributed by atoms with Crippen LogP contribution in [0.15, 0.2) is 75.2 Å². The minimum atomic E-state index is -5.08. The summed E-state index contributed by atoms with van der Waals surface area (Å²) >= 11 is 2.55. The Bertz CT molecular complexity index is 1330. The van der Waals surface area contributed by atoms with Crippen LogP contribution >= 0.6 is 23.1 Å². The van der Waals surface area contributed by atoms with Gasteiger partial charge in [-0.05, 0) is 41.1 Å². The number of nitrogen functional groups attached to an aromatic ring is 1. The van der Waals surface area contributed by atoms with E-state index in [0.717, 1.165) is 16.7 Å². The Labute approximate surface area is 202 Å². The lowest BCUT2D eigenvalue weighted by Gasteiger charge is -2.09. The van der Waals surface area contributed by atoms with E-state index in [1.807, 2.05) is 36.6 Å². The smallest absolute Gasteiger partial charge is 0.475 e. The van der Waals surface area contributed by atoms with E-state index in [2.05, 4.69) is 6.58 Å². The maximum absolute atomic E-state index is 13.2. The van der Waals surface area contributed by atoms with Gasteiger partial charge in [0.2, 0.25) is 9.84 Å². The van der Waals surface area contributed by atoms with Gasteiger partial charge in [0.25, 0.3) is 0 Å². The van der Waals surface area contributed by atoms with Crippen molar-refractivity contribution < 1.29 is 31.5 Å². The third kappa shape index (κ3) is 6.27. The van der Waals surface area contributed by atoms with Crippen LogP contribution in [0.1, 0.15) is 10.4 Å². The summed E-state index contributed by atoms with van der Waals surface area (Å²) in [5.74, 6) is -2.89. The Morgan fingerprint density at radius 1 is 1.18 bits per heavy atom. The number of carboxylic acids is 1. The van der Waals surface area contributed by atoms with Crippen molar-refractivity contribution in [3.05, 3.63) is 71.6 Å². The van der Waals surface area contributed by atoms with Gasteiger partial charge in [-0.3, -0.25) is 5.41 Å². The van der Waals surface area contributed by atoms with Crippen molar-refractivity contribution in [1.82, 2.24) is 0 Å². The molecule has 0 bridgehead atoms. The Balaban J connectivity index is 0.000000509. The third-order valence-electron chi connectivity index (χ3n) is 4.28. The van der Waals surface area contributed by atoms with E-state index in [1.54, 1.807) is 24.3 Å². The molecule has 180 valence electrons. The molecule has 6 nitrogen and oxygen atoms in total. The fraction of sp³-hybridized carbons (Fsp3) is 0.0909. The number of thioether (sulfide) groups is 1. The summed E-state index contributed by atoms with van der Waals surface area (Å²) in [5.41, 5.74) is 8.21. The molecular formula is C22H19F3N2O4S3. The molecule has 0 saturated carbocycles. The summed E-state index contributed by atoms with van der Waals surface area (Å²) in [6.45, 7) is 3.83. The molecule has 0 fully saturated rings. The van der Waals surface area contributed by atoms with Crippen molar-refractivity contribution in [1.29, 1.82) is 5.41 Å². The summed E-state index contributed by atoms with van der Waals surface area (Å²) in [7, 11) is -3.73. The molecule has 1 heterocycles. The maximum Gasteiger partial charge on any atom is 0.490 e. The third-order valence-corrected chi connectivity index (χ3v) is 8.62. The minimum Gasteiger partial charge on any atom is -0.475 e. The fourth-order valence-corrected chi connectivity index (χ4v) is 6.62. The molecular weight excluding hydrogens is 509 g/mol. The molecule has 0 spiro atoms. The number of carbonyl (C=O) groups is 1. The van der Waals surface area contributed by atoms with Gasteiger partial charge >= 0.3 is 12.1 Å². The lowest BCUT2D eigenvalue weighted by atomic mass is 10.00. The number of rotatable bonds is 6. The number of nitrogens with one attached hydrogen (secondary N) is 1. The minimum absolute atomic E-state index is 0.134. The monoisotopic (exact) mass is 528 g/mol. The molecule has 0 unspecified atom stereocenters. The normalized spacial score (nSPS) is 11.3. The van der Waals surface area contributed by atoms with Gasteiger partial charge in [-0.1, -0.05) is 49.1 Å². The predicted octanol–water partition coefficient (Wildman–Crippen LogP) is 5.53. The summed E-state index contributed by atoms with van der Waals surface area (Å²) in [6, 6.07) is 16.1. The van der Waals surface area contributed by atoms with Gasteiger partial charge in [0.1, 0.15) is 5.84 Å². The first-order valence-corrected chi connectivity index (χ1v) is 12.7. The van der Waals surface area contributed by atoms with Crippen LogP contribution < -0.4 is 5.73 Å². The zero-order valence-corrected chi connectivity index (χ0v) is 20.0. The maximum atomic E-state index is 13.2. The molecule has 0 saturated heterocycles. The molecule has 3 aromatic rings. The van der Waals surface area contributed by atoms with Gasteiger partial charge in [-0.15, -0.1) is 23.1 Å². The van der Waals surface area contributed by atoms with Crippen LogP contribution in [0, 0.1) is 5.41 Å². The van der Waals surface area contributed by atoms with Crippen LogP contribution in [0.25, 0.3) is 17.2 Å². The summed E-state index contributed by atoms with van der Waals surface area (Å²) < 4.78 is 58.9. The fourth-order valence-electron chi connectivity index (χ4n) is 2.72. The summed E-state index contributed by atoms with van der Waals surface area (Å²) in [5, 5.41) is 14.7. The van der Waals surface area contributed by atoms with E-state index in [1.165, 1.54) is 29.2 Å². The predicted molar refractivity (Wildman–Crippen MR) is 128 cm³/mol. The largest absolute Gasteiger partial charge is 0.490 e. The second-order valence-corrected chi connectivity index (χ2v) is 10.6. The number of sulfone groups is 1. The number of aliphatic carboxylic acids is 1. The topological polar surface area (TPSA) is 121 Å². The number of amidine groups is 1. The second kappa shape index (κ2) is 10.9. The van der Waals surface area contributed by atoms with Crippen molar-refractivity contribution >= 4 is 50.8 Å². The van der Waals surface area contributed by atoms with Crippen molar-refractivity contribution in [2.45, 2.75) is 20.2 Å². The lowest BCUT2D eigenvalue weighted by Crippen LogP contribution is -2.21. The Kier molecular flexibility index (Phi) is 8.70. The van der Waals surface area contributed by atoms with Crippen LogP contribution in [0.3, 0.4) is 0 Å². The highest BCUT2D eigenvalue weighted by molar-refractivity contribution is 8.01. The van der Waals surface area contributed by atoms with E-state index in [9.17, 15) is 21.6 Å². The van der Waals surface area contributed by atoms with E-state index >= 15 is 0 Å². The molecule has 34 heavy (non-hydrogen) atoms. The van der Waals surface area contributed by atoms with E-state index in [-0.39, 0.29) is 15.6 Å². The molecule has 12 heteroatoms. The van der Waals surface area contributed by atoms with Crippen molar-refractivity contribution in [2.75, 3.05) is 6.26 Å². The number of alkyl halides is 3. The quantitative estimate of drug-likeness (QED) is 0.220. The number of benzene rings is 2. The average Bonchev–Trinajstić information content (AvgIpc) is 3.25. The highest BCUT2D eigenvalue weighted by Crippen LogP contribution is 2.37. The van der Waals surface area contributed by atoms with Gasteiger partial charge in [0, 0.05) is 0 Å². The molecule has 1 aromatic heterocycles. The van der Waals surface area contributed by atoms with E-state index < -0.39 is 22.0 Å². The second-order valence-electron chi connectivity index (χ2n) is 6.51. The van der Waals surface area contributed by atoms with Crippen LogP contribution in [-0.2, 0) is 14.6 Å². The average molecular weight is 529 g/mol. The molecule has 0 radical (unpaired) electrons. The zero-order valence-electron chi connectivity index (χ0n) is 17.6. The molecule has 0 aliphatic heterocycles. The molecule has 3 rings (SSSR count). The Hall–Kier alpha value is -3.09. The first-order chi connectivity index (χ1) is 15.8. The van der Waals surface area contributed by atoms with Gasteiger partial charge in [-0.2, -0.15) is 13.2 Å². The van der Waals surface area contributed by atoms with Crippen LogP contribution in [0.5, 0.6) is 0 Å². The first-order valence-electron chi connectivity index (χ1n) is 9.22. The van der Waals surface area contributed by atoms with Crippen molar-refractivity contribution in [3.8, 4) is 11.1 Å². The van der Waals surface area contributed by atoms with Crippen molar-refractivity contribution in [2.24, 2.45) is 5.73 Å². The number of hydrogen-bond donors (Lipinski definition) is 3. The highest BCUT2D eigenvalue weighted by atomic mass is 32.2. The molecule has 2 aromatic carbocycles. The van der Waals surface area contributed by atoms with Crippen molar-refractivity contribution in [3.63, 3.8) is 0 Å². The highest BCUT2D eigenvalue weighted by Gasteiger charge is 2.38. The first kappa shape index (κ1) is 27.2. The molecule has 4 N–H and O–H groups in total. The molecule has 0 atom stereocenters. The number of thiophene rings is 1. The molecule has 0 aliphatic carbocycles. The lowest BCUT2D eigenvalue weighted by molar-refractivity contribution is -0.192. The number of nitrogens with two attached hydrogens (primary N) is 1. The van der Waals surface area contributed by atoms with E-state index in [4.69, 9.17) is 21.0 Å². The van der Waals surface area contributed by atoms with Gasteiger partial charge in [0.05, 0.1) is 18.9 Å². The van der Waals surface area contributed by atoms with Gasteiger partial charge in [0.15, 0.2) is 0 Å². The number of carboxylic acid groups (broad SMARTS) is 1. The van der Waals surface area contributed by atoms with E-state index in [0.29, 0.717) is 9.09 Å². The Morgan fingerprint density at radius 2 is 1.79 bits per heavy atom. The van der Waals surface area contributed by atoms with Gasteiger partial charge in [-0.25, -0.2) is 13.2 Å². The van der Waals surface area contributed by atoms with Gasteiger partial charge < -0.3 is 10.8 Å². The van der Waals surface area contributed by atoms with Crippen LogP contribution in [-0.4, -0.2) is 37.8 Å². The van der Waals surface area contributed by atoms with Crippen LogP contribution in [0.4, 0.5) is 13.2 Å². The SMILES string of the molecule is C=Cc1ccccc1-c1cccc(S(=O)(=O)c2cc(C(=N)N)sc2SC)c1.O=C(O)C(F)(F)F. The molecule has 0 aliphatic rings. The Morgan fingerprint density at radius 3 is 2.32 bits per heavy atom. The number of hydrogen-bond acceptors (Lipinski definition) is 6. The number of halogens is 3. The molecule has 0 amide bonds.